The number of hydrogen-bond donors (Lipinski definition) is 1. The van der Waals surface area contributed by atoms with Gasteiger partial charge in [-0.05, 0) is 42.8 Å². The highest BCUT2D eigenvalue weighted by Gasteiger charge is 2.16. The number of hydrogen-bond acceptors (Lipinski definition) is 4. The molecule has 0 aliphatic rings. The maximum Gasteiger partial charge on any atom is 0.242 e. The molecule has 6 heteroatoms. The first-order chi connectivity index (χ1) is 9.91. The summed E-state index contributed by atoms with van der Waals surface area (Å²) in [4.78, 5) is 4.59. The van der Waals surface area contributed by atoms with Gasteiger partial charge in [-0.1, -0.05) is 6.07 Å². The van der Waals surface area contributed by atoms with Gasteiger partial charge in [0.25, 0.3) is 0 Å². The van der Waals surface area contributed by atoms with Crippen LogP contribution in [0.25, 0.3) is 0 Å². The summed E-state index contributed by atoms with van der Waals surface area (Å²) in [5, 5.41) is 3.24. The van der Waals surface area contributed by atoms with Gasteiger partial charge < -0.3 is 5.32 Å². The fraction of sp³-hybridized carbons (Fsp3) is 0.267. The predicted octanol–water partition coefficient (Wildman–Crippen LogP) is 2.25. The van der Waals surface area contributed by atoms with Crippen molar-refractivity contribution in [1.82, 2.24) is 9.29 Å². The lowest BCUT2D eigenvalue weighted by Crippen LogP contribution is -2.22. The number of aryl methyl sites for hydroxylation is 1. The van der Waals surface area contributed by atoms with E-state index in [1.807, 2.05) is 19.1 Å². The summed E-state index contributed by atoms with van der Waals surface area (Å²) >= 11 is 0. The molecule has 5 nitrogen and oxygen atoms in total. The molecular formula is C15H19N3O2S. The zero-order valence-electron chi connectivity index (χ0n) is 12.4. The van der Waals surface area contributed by atoms with Crippen molar-refractivity contribution in [2.75, 3.05) is 19.4 Å². The molecule has 0 bridgehead atoms. The maximum atomic E-state index is 12.0. The van der Waals surface area contributed by atoms with Crippen LogP contribution in [0.3, 0.4) is 0 Å². The van der Waals surface area contributed by atoms with E-state index in [0.29, 0.717) is 6.54 Å². The molecule has 2 rings (SSSR count). The summed E-state index contributed by atoms with van der Waals surface area (Å²) in [5.74, 6) is 0. The van der Waals surface area contributed by atoms with Gasteiger partial charge in [-0.25, -0.2) is 12.7 Å². The molecule has 0 unspecified atom stereocenters. The van der Waals surface area contributed by atoms with Crippen LogP contribution in [0.5, 0.6) is 0 Å². The Morgan fingerprint density at radius 3 is 2.38 bits per heavy atom. The number of rotatable bonds is 5. The molecule has 0 aliphatic heterocycles. The molecule has 0 saturated carbocycles. The van der Waals surface area contributed by atoms with E-state index in [0.717, 1.165) is 16.9 Å². The first kappa shape index (κ1) is 15.5. The monoisotopic (exact) mass is 305 g/mol. The van der Waals surface area contributed by atoms with Gasteiger partial charge in [0.1, 0.15) is 0 Å². The Labute approximate surface area is 125 Å². The highest BCUT2D eigenvalue weighted by Crippen LogP contribution is 2.17. The van der Waals surface area contributed by atoms with E-state index >= 15 is 0 Å². The molecule has 21 heavy (non-hydrogen) atoms. The van der Waals surface area contributed by atoms with E-state index in [1.165, 1.54) is 18.4 Å². The summed E-state index contributed by atoms with van der Waals surface area (Å²) < 4.78 is 25.1. The van der Waals surface area contributed by atoms with Crippen molar-refractivity contribution in [3.05, 3.63) is 53.9 Å². The number of aromatic nitrogens is 1. The average molecular weight is 305 g/mol. The minimum absolute atomic E-state index is 0.284. The van der Waals surface area contributed by atoms with Gasteiger partial charge in [0.2, 0.25) is 10.0 Å². The van der Waals surface area contributed by atoms with E-state index in [-0.39, 0.29) is 4.90 Å². The van der Waals surface area contributed by atoms with Crippen molar-refractivity contribution in [2.45, 2.75) is 18.4 Å². The molecule has 1 aromatic carbocycles. The highest BCUT2D eigenvalue weighted by molar-refractivity contribution is 7.89. The van der Waals surface area contributed by atoms with Crippen LogP contribution in [0, 0.1) is 6.92 Å². The summed E-state index contributed by atoms with van der Waals surface area (Å²) in [5.41, 5.74) is 2.96. The zero-order chi connectivity index (χ0) is 15.5. The van der Waals surface area contributed by atoms with E-state index in [2.05, 4.69) is 10.3 Å². The summed E-state index contributed by atoms with van der Waals surface area (Å²) in [7, 11) is -0.336. The quantitative estimate of drug-likeness (QED) is 0.920. The van der Waals surface area contributed by atoms with Crippen LogP contribution in [0.15, 0.2) is 47.5 Å². The smallest absolute Gasteiger partial charge is 0.242 e. The van der Waals surface area contributed by atoms with Gasteiger partial charge in [0.15, 0.2) is 0 Å². The van der Waals surface area contributed by atoms with E-state index in [1.54, 1.807) is 30.5 Å². The van der Waals surface area contributed by atoms with Crippen molar-refractivity contribution >= 4 is 15.7 Å². The normalized spacial score (nSPS) is 11.6. The van der Waals surface area contributed by atoms with E-state index in [9.17, 15) is 8.42 Å². The van der Waals surface area contributed by atoms with Gasteiger partial charge in [0.05, 0.1) is 17.1 Å². The molecule has 1 heterocycles. The van der Waals surface area contributed by atoms with Gasteiger partial charge in [-0.3, -0.25) is 4.98 Å². The molecule has 0 radical (unpaired) electrons. The summed E-state index contributed by atoms with van der Waals surface area (Å²) in [6.45, 7) is 2.61. The van der Waals surface area contributed by atoms with Gasteiger partial charge in [0, 0.05) is 26.0 Å². The van der Waals surface area contributed by atoms with Gasteiger partial charge in [-0.15, -0.1) is 0 Å². The Balaban J connectivity index is 2.09. The molecule has 1 N–H and O–H groups in total. The number of sulfonamides is 1. The van der Waals surface area contributed by atoms with Crippen LogP contribution < -0.4 is 5.32 Å². The molecule has 0 atom stereocenters. The predicted molar refractivity (Wildman–Crippen MR) is 83.6 cm³/mol. The lowest BCUT2D eigenvalue weighted by molar-refractivity contribution is 0.521. The molecule has 0 spiro atoms. The maximum absolute atomic E-state index is 12.0. The molecule has 1 aromatic heterocycles. The van der Waals surface area contributed by atoms with Gasteiger partial charge >= 0.3 is 0 Å². The second-order valence-electron chi connectivity index (χ2n) is 4.93. The lowest BCUT2D eigenvalue weighted by atomic mass is 10.2. The van der Waals surface area contributed by atoms with Crippen molar-refractivity contribution in [3.63, 3.8) is 0 Å². The van der Waals surface area contributed by atoms with Crippen molar-refractivity contribution in [1.29, 1.82) is 0 Å². The van der Waals surface area contributed by atoms with E-state index < -0.39 is 10.0 Å². The Kier molecular flexibility index (Phi) is 4.59. The highest BCUT2D eigenvalue weighted by atomic mass is 32.2. The first-order valence-corrected chi connectivity index (χ1v) is 8.02. The molecule has 0 amide bonds. The molecular weight excluding hydrogens is 286 g/mol. The number of pyridine rings is 1. The van der Waals surface area contributed by atoms with Crippen LogP contribution in [0.2, 0.25) is 0 Å². The summed E-state index contributed by atoms with van der Waals surface area (Å²) in [6.07, 6.45) is 1.76. The molecule has 0 saturated heterocycles. The average Bonchev–Trinajstić information content (AvgIpc) is 2.46. The molecule has 0 aliphatic carbocycles. The fourth-order valence-electron chi connectivity index (χ4n) is 1.84. The minimum Gasteiger partial charge on any atom is -0.379 e. The SMILES string of the molecule is Cc1cccnc1CNc1ccc(S(=O)(=O)N(C)C)cc1. The zero-order valence-corrected chi connectivity index (χ0v) is 13.2. The van der Waals surface area contributed by atoms with Gasteiger partial charge in [-0.2, -0.15) is 0 Å². The number of benzene rings is 1. The third-order valence-electron chi connectivity index (χ3n) is 3.21. The van der Waals surface area contributed by atoms with Crippen molar-refractivity contribution in [3.8, 4) is 0 Å². The lowest BCUT2D eigenvalue weighted by Gasteiger charge is -2.12. The Morgan fingerprint density at radius 1 is 1.14 bits per heavy atom. The Bertz CT molecular complexity index is 710. The van der Waals surface area contributed by atoms with Crippen LogP contribution in [-0.4, -0.2) is 31.8 Å². The Hall–Kier alpha value is -1.92. The molecule has 2 aromatic rings. The van der Waals surface area contributed by atoms with Crippen LogP contribution >= 0.6 is 0 Å². The summed E-state index contributed by atoms with van der Waals surface area (Å²) in [6, 6.07) is 10.6. The van der Waals surface area contributed by atoms with Crippen molar-refractivity contribution in [2.24, 2.45) is 0 Å². The standard InChI is InChI=1S/C15H19N3O2S/c1-12-5-4-10-16-15(12)11-17-13-6-8-14(9-7-13)21(19,20)18(2)3/h4-10,17H,11H2,1-3H3. The third kappa shape index (κ3) is 3.59. The molecule has 0 fully saturated rings. The minimum atomic E-state index is -3.37. The third-order valence-corrected chi connectivity index (χ3v) is 5.04. The van der Waals surface area contributed by atoms with Crippen LogP contribution in [0.1, 0.15) is 11.3 Å². The topological polar surface area (TPSA) is 62.3 Å². The molecule has 112 valence electrons. The van der Waals surface area contributed by atoms with Crippen LogP contribution in [-0.2, 0) is 16.6 Å². The Morgan fingerprint density at radius 2 is 1.81 bits per heavy atom. The van der Waals surface area contributed by atoms with Crippen LogP contribution in [0.4, 0.5) is 5.69 Å². The van der Waals surface area contributed by atoms with E-state index in [4.69, 9.17) is 0 Å². The number of anilines is 1. The second kappa shape index (κ2) is 6.24. The first-order valence-electron chi connectivity index (χ1n) is 6.58. The largest absolute Gasteiger partial charge is 0.379 e. The number of nitrogens with one attached hydrogen (secondary N) is 1. The van der Waals surface area contributed by atoms with Crippen molar-refractivity contribution < 1.29 is 8.42 Å². The fourth-order valence-corrected chi connectivity index (χ4v) is 2.75. The number of nitrogens with zero attached hydrogens (tertiary/aromatic N) is 2. The second-order valence-corrected chi connectivity index (χ2v) is 7.08.